The fraction of sp³-hybridized carbons (Fsp3) is 0.412. The van der Waals surface area contributed by atoms with Gasteiger partial charge in [0.2, 0.25) is 0 Å². The van der Waals surface area contributed by atoms with E-state index < -0.39 is 0 Å². The zero-order valence-corrected chi connectivity index (χ0v) is 12.4. The average Bonchev–Trinajstić information content (AvgIpc) is 3.05. The first-order valence-corrected chi connectivity index (χ1v) is 7.67. The quantitative estimate of drug-likeness (QED) is 0.868. The van der Waals surface area contributed by atoms with Crippen LogP contribution in [0.4, 0.5) is 0 Å². The lowest BCUT2D eigenvalue weighted by atomic mass is 9.95. The summed E-state index contributed by atoms with van der Waals surface area (Å²) in [4.78, 5) is 14.6. The highest BCUT2D eigenvalue weighted by molar-refractivity contribution is 5.93. The van der Waals surface area contributed by atoms with Gasteiger partial charge in [0.25, 0.3) is 5.91 Å². The Hall–Kier alpha value is -2.10. The number of amides is 1. The first kappa shape index (κ1) is 13.9. The van der Waals surface area contributed by atoms with Gasteiger partial charge >= 0.3 is 0 Å². The Morgan fingerprint density at radius 3 is 2.90 bits per heavy atom. The summed E-state index contributed by atoms with van der Waals surface area (Å²) in [7, 11) is 0. The predicted octanol–water partition coefficient (Wildman–Crippen LogP) is 3.13. The zero-order valence-electron chi connectivity index (χ0n) is 12.4. The summed E-state index contributed by atoms with van der Waals surface area (Å²) in [5, 5.41) is 4.31. The number of hydrogen-bond donors (Lipinski definition) is 0. The van der Waals surface area contributed by atoms with Gasteiger partial charge in [0, 0.05) is 19.3 Å². The number of likely N-dealkylation sites (tertiary alicyclic amines) is 1. The Morgan fingerprint density at radius 1 is 1.33 bits per heavy atom. The third kappa shape index (κ3) is 2.99. The van der Waals surface area contributed by atoms with Crippen LogP contribution in [-0.2, 0) is 0 Å². The highest BCUT2D eigenvalue weighted by Gasteiger charge is 2.24. The van der Waals surface area contributed by atoms with Crippen LogP contribution in [0.3, 0.4) is 0 Å². The molecule has 1 aromatic carbocycles. The second-order valence-electron chi connectivity index (χ2n) is 5.68. The topological polar surface area (TPSA) is 38.1 Å². The summed E-state index contributed by atoms with van der Waals surface area (Å²) in [5.41, 5.74) is 1.65. The van der Waals surface area contributed by atoms with Crippen LogP contribution in [0, 0.1) is 5.92 Å². The van der Waals surface area contributed by atoms with Crippen molar-refractivity contribution >= 4 is 5.91 Å². The normalized spacial score (nSPS) is 18.7. The van der Waals surface area contributed by atoms with Crippen molar-refractivity contribution in [3.63, 3.8) is 0 Å². The minimum absolute atomic E-state index is 0.107. The average molecular weight is 283 g/mol. The maximum absolute atomic E-state index is 12.6. The van der Waals surface area contributed by atoms with Crippen molar-refractivity contribution in [2.24, 2.45) is 5.92 Å². The monoisotopic (exact) mass is 283 g/mol. The van der Waals surface area contributed by atoms with Crippen LogP contribution in [0.25, 0.3) is 5.69 Å². The molecule has 2 aromatic rings. The molecule has 4 heteroatoms. The Morgan fingerprint density at radius 2 is 2.14 bits per heavy atom. The minimum Gasteiger partial charge on any atom is -0.338 e. The lowest BCUT2D eigenvalue weighted by molar-refractivity contribution is 0.0671. The van der Waals surface area contributed by atoms with Gasteiger partial charge in [-0.3, -0.25) is 4.79 Å². The Bertz CT molecular complexity index is 606. The van der Waals surface area contributed by atoms with Crippen LogP contribution >= 0.6 is 0 Å². The fourth-order valence-corrected chi connectivity index (χ4v) is 2.92. The smallest absolute Gasteiger partial charge is 0.257 e. The molecule has 110 valence electrons. The predicted molar refractivity (Wildman–Crippen MR) is 82.5 cm³/mol. The standard InChI is InChI=1S/C17H21N3O/c1-2-14-7-6-10-19(12-14)17(21)15-11-18-20(13-15)16-8-4-3-5-9-16/h3-5,8-9,11,13-14H,2,6-7,10,12H2,1H3. The largest absolute Gasteiger partial charge is 0.338 e. The van der Waals surface area contributed by atoms with E-state index in [2.05, 4.69) is 12.0 Å². The third-order valence-corrected chi connectivity index (χ3v) is 4.23. The molecule has 0 bridgehead atoms. The van der Waals surface area contributed by atoms with Crippen LogP contribution < -0.4 is 0 Å². The summed E-state index contributed by atoms with van der Waals surface area (Å²) in [6.45, 7) is 3.95. The fourth-order valence-electron chi connectivity index (χ4n) is 2.92. The van der Waals surface area contributed by atoms with Crippen molar-refractivity contribution in [2.45, 2.75) is 26.2 Å². The van der Waals surface area contributed by atoms with E-state index in [9.17, 15) is 4.79 Å². The SMILES string of the molecule is CCC1CCCN(C(=O)c2cnn(-c3ccccc3)c2)C1. The third-order valence-electron chi connectivity index (χ3n) is 4.23. The number of para-hydroxylation sites is 1. The Labute approximate surface area is 125 Å². The number of aromatic nitrogens is 2. The van der Waals surface area contributed by atoms with Gasteiger partial charge in [-0.1, -0.05) is 31.5 Å². The molecule has 0 saturated carbocycles. The molecule has 1 atom stereocenters. The molecule has 1 unspecified atom stereocenters. The van der Waals surface area contributed by atoms with E-state index in [0.717, 1.165) is 31.6 Å². The van der Waals surface area contributed by atoms with E-state index in [1.807, 2.05) is 41.4 Å². The summed E-state index contributed by atoms with van der Waals surface area (Å²) < 4.78 is 1.76. The molecule has 3 rings (SSSR count). The maximum Gasteiger partial charge on any atom is 0.257 e. The molecule has 1 amide bonds. The summed E-state index contributed by atoms with van der Waals surface area (Å²) in [6.07, 6.45) is 6.99. The summed E-state index contributed by atoms with van der Waals surface area (Å²) >= 11 is 0. The number of piperidine rings is 1. The molecule has 0 aliphatic carbocycles. The number of hydrogen-bond acceptors (Lipinski definition) is 2. The van der Waals surface area contributed by atoms with Crippen molar-refractivity contribution in [3.8, 4) is 5.69 Å². The van der Waals surface area contributed by atoms with E-state index in [1.165, 1.54) is 6.42 Å². The number of nitrogens with zero attached hydrogens (tertiary/aromatic N) is 3. The second kappa shape index (κ2) is 6.12. The molecule has 21 heavy (non-hydrogen) atoms. The van der Waals surface area contributed by atoms with E-state index in [1.54, 1.807) is 10.9 Å². The molecular formula is C17H21N3O. The van der Waals surface area contributed by atoms with Crippen LogP contribution in [0.1, 0.15) is 36.5 Å². The van der Waals surface area contributed by atoms with Crippen LogP contribution in [0.5, 0.6) is 0 Å². The molecule has 1 aliphatic rings. The molecule has 0 spiro atoms. The lowest BCUT2D eigenvalue weighted by Gasteiger charge is -2.32. The molecule has 1 aliphatic heterocycles. The van der Waals surface area contributed by atoms with Crippen molar-refractivity contribution in [1.82, 2.24) is 14.7 Å². The van der Waals surface area contributed by atoms with Gasteiger partial charge in [-0.15, -0.1) is 0 Å². The number of benzene rings is 1. The first-order chi connectivity index (χ1) is 10.3. The van der Waals surface area contributed by atoms with E-state index in [0.29, 0.717) is 11.5 Å². The van der Waals surface area contributed by atoms with Crippen LogP contribution in [-0.4, -0.2) is 33.7 Å². The first-order valence-electron chi connectivity index (χ1n) is 7.67. The summed E-state index contributed by atoms with van der Waals surface area (Å²) in [6, 6.07) is 9.87. The molecule has 1 saturated heterocycles. The molecule has 1 fully saturated rings. The number of rotatable bonds is 3. The number of carbonyl (C=O) groups is 1. The van der Waals surface area contributed by atoms with E-state index in [4.69, 9.17) is 0 Å². The number of carbonyl (C=O) groups excluding carboxylic acids is 1. The van der Waals surface area contributed by atoms with E-state index in [-0.39, 0.29) is 5.91 Å². The molecule has 2 heterocycles. The minimum atomic E-state index is 0.107. The van der Waals surface area contributed by atoms with Crippen LogP contribution in [0.2, 0.25) is 0 Å². The summed E-state index contributed by atoms with van der Waals surface area (Å²) in [5.74, 6) is 0.752. The van der Waals surface area contributed by atoms with Crippen molar-refractivity contribution in [3.05, 3.63) is 48.3 Å². The van der Waals surface area contributed by atoms with E-state index >= 15 is 0 Å². The van der Waals surface area contributed by atoms with Crippen molar-refractivity contribution in [1.29, 1.82) is 0 Å². The molecule has 1 aromatic heterocycles. The zero-order chi connectivity index (χ0) is 14.7. The van der Waals surface area contributed by atoms with Gasteiger partial charge < -0.3 is 4.90 Å². The molecule has 0 N–H and O–H groups in total. The lowest BCUT2D eigenvalue weighted by Crippen LogP contribution is -2.39. The van der Waals surface area contributed by atoms with Crippen molar-refractivity contribution < 1.29 is 4.79 Å². The Balaban J connectivity index is 1.75. The van der Waals surface area contributed by atoms with Gasteiger partial charge in [-0.05, 0) is 30.9 Å². The van der Waals surface area contributed by atoms with Gasteiger partial charge in [0.05, 0.1) is 17.4 Å². The maximum atomic E-state index is 12.6. The Kier molecular flexibility index (Phi) is 4.04. The molecule has 4 nitrogen and oxygen atoms in total. The second-order valence-corrected chi connectivity index (χ2v) is 5.68. The molecular weight excluding hydrogens is 262 g/mol. The van der Waals surface area contributed by atoms with Gasteiger partial charge in [0.15, 0.2) is 0 Å². The van der Waals surface area contributed by atoms with Gasteiger partial charge in [-0.2, -0.15) is 5.10 Å². The highest BCUT2D eigenvalue weighted by atomic mass is 16.2. The van der Waals surface area contributed by atoms with Gasteiger partial charge in [0.1, 0.15) is 0 Å². The highest BCUT2D eigenvalue weighted by Crippen LogP contribution is 2.21. The molecule has 0 radical (unpaired) electrons. The van der Waals surface area contributed by atoms with Crippen molar-refractivity contribution in [2.75, 3.05) is 13.1 Å². The van der Waals surface area contributed by atoms with Crippen LogP contribution in [0.15, 0.2) is 42.7 Å². The van der Waals surface area contributed by atoms with Gasteiger partial charge in [-0.25, -0.2) is 4.68 Å².